The number of nitrogens with two attached hydrogens (primary N) is 1. The summed E-state index contributed by atoms with van der Waals surface area (Å²) >= 11 is 0. The molecule has 122 valence electrons. The average molecular weight is 318 g/mol. The monoisotopic (exact) mass is 318 g/mol. The fraction of sp³-hybridized carbons (Fsp3) is 0.267. The second-order valence-electron chi connectivity index (χ2n) is 4.61. The quantitative estimate of drug-likeness (QED) is 0.661. The molecule has 1 aromatic heterocycles. The van der Waals surface area contributed by atoms with E-state index in [4.69, 9.17) is 19.9 Å². The number of nitrogen functional groups attached to an aromatic ring is 1. The van der Waals surface area contributed by atoms with Crippen molar-refractivity contribution in [2.24, 2.45) is 5.10 Å². The first-order valence-corrected chi connectivity index (χ1v) is 6.70. The second kappa shape index (κ2) is 6.82. The zero-order valence-corrected chi connectivity index (χ0v) is 13.4. The van der Waals surface area contributed by atoms with Gasteiger partial charge in [-0.15, -0.1) is 0 Å². The van der Waals surface area contributed by atoms with Gasteiger partial charge in [0.15, 0.2) is 0 Å². The van der Waals surface area contributed by atoms with Gasteiger partial charge in [-0.3, -0.25) is 0 Å². The van der Waals surface area contributed by atoms with Crippen molar-refractivity contribution >= 4 is 18.1 Å². The van der Waals surface area contributed by atoms with E-state index >= 15 is 0 Å². The van der Waals surface area contributed by atoms with Gasteiger partial charge in [0.25, 0.3) is 0 Å². The van der Waals surface area contributed by atoms with Crippen LogP contribution in [0.2, 0.25) is 0 Å². The number of esters is 1. The highest BCUT2D eigenvalue weighted by atomic mass is 16.5. The fourth-order valence-electron chi connectivity index (χ4n) is 2.02. The standard InChI is InChI=1S/C15H18N4O4/c1-9-8-19(15(16)18-9)17-7-12-11(14(20)23-4)5-10(21-2)6-13(12)22-3/h5-8H,1-4H3,(H2,16,18). The Hall–Kier alpha value is -3.03. The van der Waals surface area contributed by atoms with E-state index < -0.39 is 5.97 Å². The van der Waals surface area contributed by atoms with Crippen LogP contribution in [-0.4, -0.2) is 43.2 Å². The number of rotatable bonds is 5. The number of imidazole rings is 1. The highest BCUT2D eigenvalue weighted by Gasteiger charge is 2.17. The molecular formula is C15H18N4O4. The first-order valence-electron chi connectivity index (χ1n) is 6.70. The minimum Gasteiger partial charge on any atom is -0.497 e. The third-order valence-corrected chi connectivity index (χ3v) is 3.12. The third-order valence-electron chi connectivity index (χ3n) is 3.12. The van der Waals surface area contributed by atoms with Gasteiger partial charge in [0, 0.05) is 6.07 Å². The number of methoxy groups -OCH3 is 3. The summed E-state index contributed by atoms with van der Waals surface area (Å²) in [6.07, 6.45) is 3.13. The molecule has 2 N–H and O–H groups in total. The largest absolute Gasteiger partial charge is 0.497 e. The molecule has 2 rings (SSSR count). The van der Waals surface area contributed by atoms with Crippen molar-refractivity contribution in [2.45, 2.75) is 6.92 Å². The zero-order chi connectivity index (χ0) is 17.0. The molecule has 0 atom stereocenters. The van der Waals surface area contributed by atoms with Crippen molar-refractivity contribution in [3.63, 3.8) is 0 Å². The van der Waals surface area contributed by atoms with Crippen LogP contribution in [0, 0.1) is 6.92 Å². The van der Waals surface area contributed by atoms with Crippen molar-refractivity contribution in [3.05, 3.63) is 35.2 Å². The maximum atomic E-state index is 12.0. The molecule has 0 saturated carbocycles. The Balaban J connectivity index is 2.54. The highest BCUT2D eigenvalue weighted by Crippen LogP contribution is 2.28. The molecule has 0 unspecified atom stereocenters. The highest BCUT2D eigenvalue weighted by molar-refractivity contribution is 6.01. The maximum absolute atomic E-state index is 12.0. The van der Waals surface area contributed by atoms with Crippen molar-refractivity contribution in [3.8, 4) is 11.5 Å². The zero-order valence-electron chi connectivity index (χ0n) is 13.4. The smallest absolute Gasteiger partial charge is 0.338 e. The average Bonchev–Trinajstić information content (AvgIpc) is 2.88. The van der Waals surface area contributed by atoms with Crippen LogP contribution in [0.25, 0.3) is 0 Å². The number of benzene rings is 1. The lowest BCUT2D eigenvalue weighted by molar-refractivity contribution is 0.0599. The summed E-state index contributed by atoms with van der Waals surface area (Å²) in [6, 6.07) is 3.20. The predicted molar refractivity (Wildman–Crippen MR) is 85.3 cm³/mol. The van der Waals surface area contributed by atoms with Crippen LogP contribution >= 0.6 is 0 Å². The lowest BCUT2D eigenvalue weighted by atomic mass is 10.1. The van der Waals surface area contributed by atoms with Gasteiger partial charge in [0.2, 0.25) is 5.95 Å². The van der Waals surface area contributed by atoms with Gasteiger partial charge < -0.3 is 19.9 Å². The molecule has 0 aliphatic carbocycles. The number of nitrogens with zero attached hydrogens (tertiary/aromatic N) is 3. The van der Waals surface area contributed by atoms with Crippen LogP contribution in [0.3, 0.4) is 0 Å². The number of aromatic nitrogens is 2. The molecule has 0 amide bonds. The molecule has 23 heavy (non-hydrogen) atoms. The normalized spacial score (nSPS) is 10.8. The Bertz CT molecular complexity index is 752. The van der Waals surface area contributed by atoms with E-state index in [0.717, 1.165) is 5.69 Å². The fourth-order valence-corrected chi connectivity index (χ4v) is 2.02. The Kier molecular flexibility index (Phi) is 4.85. The molecule has 2 aromatic rings. The van der Waals surface area contributed by atoms with Crippen molar-refractivity contribution in [2.75, 3.05) is 27.1 Å². The molecule has 8 nitrogen and oxygen atoms in total. The van der Waals surface area contributed by atoms with Crippen LogP contribution in [0.15, 0.2) is 23.4 Å². The van der Waals surface area contributed by atoms with Gasteiger partial charge in [-0.05, 0) is 13.0 Å². The second-order valence-corrected chi connectivity index (χ2v) is 4.61. The van der Waals surface area contributed by atoms with E-state index in [1.807, 2.05) is 0 Å². The number of aryl methyl sites for hydroxylation is 1. The summed E-state index contributed by atoms with van der Waals surface area (Å²) < 4.78 is 16.7. The SMILES string of the molecule is COC(=O)c1cc(OC)cc(OC)c1C=Nn1cc(C)nc1N. The number of ether oxygens (including phenoxy) is 3. The molecule has 1 aromatic carbocycles. The molecule has 0 fully saturated rings. The number of carbonyl (C=O) groups excluding carboxylic acids is 1. The van der Waals surface area contributed by atoms with Crippen molar-refractivity contribution < 1.29 is 19.0 Å². The molecule has 0 radical (unpaired) electrons. The van der Waals surface area contributed by atoms with E-state index in [-0.39, 0.29) is 11.5 Å². The van der Waals surface area contributed by atoms with E-state index in [2.05, 4.69) is 10.1 Å². The molecule has 0 aliphatic heterocycles. The molecule has 0 saturated heterocycles. The van der Waals surface area contributed by atoms with Gasteiger partial charge in [0.1, 0.15) is 11.5 Å². The summed E-state index contributed by atoms with van der Waals surface area (Å²) in [5.74, 6) is 0.602. The van der Waals surface area contributed by atoms with E-state index in [0.29, 0.717) is 17.1 Å². The lowest BCUT2D eigenvalue weighted by Gasteiger charge is -2.11. The lowest BCUT2D eigenvalue weighted by Crippen LogP contribution is -2.08. The molecule has 0 spiro atoms. The third kappa shape index (κ3) is 3.42. The number of anilines is 1. The van der Waals surface area contributed by atoms with Gasteiger partial charge >= 0.3 is 5.97 Å². The van der Waals surface area contributed by atoms with Gasteiger partial charge in [-0.2, -0.15) is 5.10 Å². The van der Waals surface area contributed by atoms with Crippen LogP contribution in [-0.2, 0) is 4.74 Å². The van der Waals surface area contributed by atoms with Gasteiger partial charge in [0.05, 0.1) is 50.6 Å². The topological polar surface area (TPSA) is 101 Å². The molecule has 8 heteroatoms. The summed E-state index contributed by atoms with van der Waals surface area (Å²) in [4.78, 5) is 16.1. The summed E-state index contributed by atoms with van der Waals surface area (Å²) in [7, 11) is 4.29. The Morgan fingerprint density at radius 1 is 1.30 bits per heavy atom. The van der Waals surface area contributed by atoms with E-state index in [9.17, 15) is 4.79 Å². The van der Waals surface area contributed by atoms with Crippen molar-refractivity contribution in [1.82, 2.24) is 9.66 Å². The van der Waals surface area contributed by atoms with Crippen LogP contribution in [0.1, 0.15) is 21.6 Å². The summed E-state index contributed by atoms with van der Waals surface area (Å²) in [6.45, 7) is 1.80. The minimum atomic E-state index is -0.529. The van der Waals surface area contributed by atoms with E-state index in [1.54, 1.807) is 25.3 Å². The number of hydrogen-bond donors (Lipinski definition) is 1. The maximum Gasteiger partial charge on any atom is 0.338 e. The Morgan fingerprint density at radius 3 is 2.57 bits per heavy atom. The van der Waals surface area contributed by atoms with Crippen LogP contribution in [0.5, 0.6) is 11.5 Å². The molecular weight excluding hydrogens is 300 g/mol. The summed E-state index contributed by atoms with van der Waals surface area (Å²) in [5.41, 5.74) is 7.19. The Labute approximate surface area is 133 Å². The molecule has 0 bridgehead atoms. The number of carbonyl (C=O) groups is 1. The minimum absolute atomic E-state index is 0.242. The molecule has 0 aliphatic rings. The first-order chi connectivity index (χ1) is 11.0. The first kappa shape index (κ1) is 16.3. The van der Waals surface area contributed by atoms with Gasteiger partial charge in [-0.1, -0.05) is 0 Å². The number of hydrogen-bond acceptors (Lipinski definition) is 7. The van der Waals surface area contributed by atoms with Crippen molar-refractivity contribution in [1.29, 1.82) is 0 Å². The predicted octanol–water partition coefficient (Wildman–Crippen LogP) is 1.46. The van der Waals surface area contributed by atoms with Crippen LogP contribution < -0.4 is 15.2 Å². The molecule has 1 heterocycles. The van der Waals surface area contributed by atoms with Gasteiger partial charge in [-0.25, -0.2) is 14.5 Å². The Morgan fingerprint density at radius 2 is 2.04 bits per heavy atom. The summed E-state index contributed by atoms with van der Waals surface area (Å²) in [5, 5.41) is 4.21. The van der Waals surface area contributed by atoms with E-state index in [1.165, 1.54) is 32.2 Å². The van der Waals surface area contributed by atoms with Crippen LogP contribution in [0.4, 0.5) is 5.95 Å².